The van der Waals surface area contributed by atoms with Crippen LogP contribution in [0.1, 0.15) is 24.0 Å². The van der Waals surface area contributed by atoms with Gasteiger partial charge in [-0.25, -0.2) is 0 Å². The Morgan fingerprint density at radius 3 is 2.88 bits per heavy atom. The Kier molecular flexibility index (Phi) is 3.69. The van der Waals surface area contributed by atoms with Crippen molar-refractivity contribution >= 4 is 0 Å². The molecule has 0 spiro atoms. The van der Waals surface area contributed by atoms with Gasteiger partial charge in [-0.3, -0.25) is 0 Å². The molecule has 0 bridgehead atoms. The van der Waals surface area contributed by atoms with Gasteiger partial charge in [0.15, 0.2) is 0 Å². The van der Waals surface area contributed by atoms with E-state index in [1.165, 1.54) is 11.1 Å². The molecule has 1 aliphatic heterocycles. The number of methoxy groups -OCH3 is 1. The van der Waals surface area contributed by atoms with Crippen LogP contribution in [-0.2, 0) is 10.2 Å². The molecule has 1 atom stereocenters. The van der Waals surface area contributed by atoms with Gasteiger partial charge >= 0.3 is 0 Å². The molecular weight excluding hydrogens is 214 g/mol. The summed E-state index contributed by atoms with van der Waals surface area (Å²) in [5.74, 6) is 0.923. The van der Waals surface area contributed by atoms with Gasteiger partial charge in [0.05, 0.1) is 13.7 Å². The molecule has 0 saturated carbocycles. The number of aryl methyl sites for hydroxylation is 1. The van der Waals surface area contributed by atoms with Gasteiger partial charge in [0.25, 0.3) is 0 Å². The van der Waals surface area contributed by atoms with E-state index in [-0.39, 0.29) is 5.41 Å². The number of hydrogen-bond donors (Lipinski definition) is 1. The van der Waals surface area contributed by atoms with Gasteiger partial charge < -0.3 is 15.2 Å². The first-order valence-electron chi connectivity index (χ1n) is 6.15. The molecule has 1 saturated heterocycles. The summed E-state index contributed by atoms with van der Waals surface area (Å²) in [4.78, 5) is 0. The average molecular weight is 235 g/mol. The summed E-state index contributed by atoms with van der Waals surface area (Å²) in [6, 6.07) is 6.27. The molecule has 3 nitrogen and oxygen atoms in total. The van der Waals surface area contributed by atoms with E-state index in [4.69, 9.17) is 15.2 Å². The van der Waals surface area contributed by atoms with E-state index >= 15 is 0 Å². The van der Waals surface area contributed by atoms with Crippen molar-refractivity contribution in [2.24, 2.45) is 5.73 Å². The average Bonchev–Trinajstić information content (AvgIpc) is 2.39. The molecular formula is C14H21NO2. The quantitative estimate of drug-likeness (QED) is 0.871. The lowest BCUT2D eigenvalue weighted by Gasteiger charge is -2.37. The van der Waals surface area contributed by atoms with E-state index in [0.29, 0.717) is 13.2 Å². The fraction of sp³-hybridized carbons (Fsp3) is 0.571. The minimum atomic E-state index is -0.0738. The van der Waals surface area contributed by atoms with E-state index in [1.54, 1.807) is 7.11 Å². The van der Waals surface area contributed by atoms with Crippen molar-refractivity contribution in [2.75, 3.05) is 26.9 Å². The van der Waals surface area contributed by atoms with Gasteiger partial charge in [0.1, 0.15) is 5.75 Å². The minimum absolute atomic E-state index is 0.0738. The lowest BCUT2D eigenvalue weighted by atomic mass is 9.75. The zero-order valence-corrected chi connectivity index (χ0v) is 10.7. The second-order valence-electron chi connectivity index (χ2n) is 4.84. The van der Waals surface area contributed by atoms with Gasteiger partial charge in [-0.05, 0) is 25.8 Å². The highest BCUT2D eigenvalue weighted by molar-refractivity contribution is 5.43. The molecule has 1 aliphatic rings. The number of ether oxygens (including phenoxy) is 2. The van der Waals surface area contributed by atoms with Crippen molar-refractivity contribution in [2.45, 2.75) is 25.2 Å². The number of benzene rings is 1. The number of rotatable bonds is 3. The first kappa shape index (κ1) is 12.4. The maximum absolute atomic E-state index is 6.01. The first-order chi connectivity index (χ1) is 8.22. The second kappa shape index (κ2) is 5.07. The fourth-order valence-electron chi connectivity index (χ4n) is 2.57. The van der Waals surface area contributed by atoms with E-state index in [1.807, 2.05) is 6.07 Å². The zero-order valence-electron chi connectivity index (χ0n) is 10.7. The molecule has 0 radical (unpaired) electrons. The van der Waals surface area contributed by atoms with Crippen LogP contribution in [0.2, 0.25) is 0 Å². The van der Waals surface area contributed by atoms with Crippen molar-refractivity contribution in [1.82, 2.24) is 0 Å². The monoisotopic (exact) mass is 235 g/mol. The third kappa shape index (κ3) is 2.31. The fourth-order valence-corrected chi connectivity index (χ4v) is 2.57. The highest BCUT2D eigenvalue weighted by Crippen LogP contribution is 2.38. The van der Waals surface area contributed by atoms with Crippen molar-refractivity contribution in [3.05, 3.63) is 29.3 Å². The summed E-state index contributed by atoms with van der Waals surface area (Å²) < 4.78 is 11.1. The Morgan fingerprint density at radius 2 is 2.29 bits per heavy atom. The van der Waals surface area contributed by atoms with Crippen LogP contribution in [0, 0.1) is 6.92 Å². The van der Waals surface area contributed by atoms with Gasteiger partial charge in [-0.15, -0.1) is 0 Å². The van der Waals surface area contributed by atoms with E-state index in [9.17, 15) is 0 Å². The molecule has 2 N–H and O–H groups in total. The van der Waals surface area contributed by atoms with E-state index in [0.717, 1.165) is 25.2 Å². The summed E-state index contributed by atoms with van der Waals surface area (Å²) in [6.45, 7) is 4.24. The highest BCUT2D eigenvalue weighted by Gasteiger charge is 2.35. The molecule has 2 rings (SSSR count). The standard InChI is InChI=1S/C14H21NO2/c1-11-4-5-13(16-2)12(8-11)14(9-15)6-3-7-17-10-14/h4-5,8H,3,6-7,9-10,15H2,1-2H3. The van der Waals surface area contributed by atoms with Crippen LogP contribution in [0.25, 0.3) is 0 Å². The predicted octanol–water partition coefficient (Wildman–Crippen LogP) is 2.01. The van der Waals surface area contributed by atoms with Crippen LogP contribution in [0.3, 0.4) is 0 Å². The van der Waals surface area contributed by atoms with Gasteiger partial charge in [0.2, 0.25) is 0 Å². The maximum atomic E-state index is 6.01. The Bertz CT molecular complexity index is 384. The molecule has 1 fully saturated rings. The number of hydrogen-bond acceptors (Lipinski definition) is 3. The topological polar surface area (TPSA) is 44.5 Å². The van der Waals surface area contributed by atoms with Crippen molar-refractivity contribution in [3.8, 4) is 5.75 Å². The Balaban J connectivity index is 2.44. The molecule has 1 aromatic carbocycles. The molecule has 0 aliphatic carbocycles. The largest absolute Gasteiger partial charge is 0.496 e. The van der Waals surface area contributed by atoms with Crippen LogP contribution < -0.4 is 10.5 Å². The van der Waals surface area contributed by atoms with Crippen molar-refractivity contribution < 1.29 is 9.47 Å². The normalized spacial score (nSPS) is 24.6. The molecule has 3 heteroatoms. The molecule has 0 amide bonds. The summed E-state index contributed by atoms with van der Waals surface area (Å²) in [5.41, 5.74) is 8.37. The molecule has 17 heavy (non-hydrogen) atoms. The van der Waals surface area contributed by atoms with Gasteiger partial charge in [0, 0.05) is 24.1 Å². The smallest absolute Gasteiger partial charge is 0.122 e. The summed E-state index contributed by atoms with van der Waals surface area (Å²) in [7, 11) is 1.71. The third-order valence-electron chi connectivity index (χ3n) is 3.64. The Morgan fingerprint density at radius 1 is 1.47 bits per heavy atom. The van der Waals surface area contributed by atoms with Crippen molar-refractivity contribution in [1.29, 1.82) is 0 Å². The van der Waals surface area contributed by atoms with Crippen LogP contribution in [0.15, 0.2) is 18.2 Å². The Labute approximate surface area is 103 Å². The van der Waals surface area contributed by atoms with Crippen molar-refractivity contribution in [3.63, 3.8) is 0 Å². The molecule has 1 unspecified atom stereocenters. The third-order valence-corrected chi connectivity index (χ3v) is 3.64. The van der Waals surface area contributed by atoms with E-state index in [2.05, 4.69) is 19.1 Å². The van der Waals surface area contributed by atoms with Crippen LogP contribution in [-0.4, -0.2) is 26.9 Å². The van der Waals surface area contributed by atoms with Crippen LogP contribution in [0.5, 0.6) is 5.75 Å². The summed E-state index contributed by atoms with van der Waals surface area (Å²) in [6.07, 6.45) is 2.14. The zero-order chi connectivity index (χ0) is 12.3. The maximum Gasteiger partial charge on any atom is 0.122 e. The molecule has 1 heterocycles. The van der Waals surface area contributed by atoms with E-state index < -0.39 is 0 Å². The SMILES string of the molecule is COc1ccc(C)cc1C1(CN)CCCOC1. The van der Waals surface area contributed by atoms with Gasteiger partial charge in [-0.1, -0.05) is 17.7 Å². The molecule has 1 aromatic rings. The first-order valence-corrected chi connectivity index (χ1v) is 6.15. The lowest BCUT2D eigenvalue weighted by molar-refractivity contribution is 0.0367. The highest BCUT2D eigenvalue weighted by atomic mass is 16.5. The molecule has 0 aromatic heterocycles. The second-order valence-corrected chi connectivity index (χ2v) is 4.84. The van der Waals surface area contributed by atoms with Crippen LogP contribution in [0.4, 0.5) is 0 Å². The summed E-state index contributed by atoms with van der Waals surface area (Å²) >= 11 is 0. The summed E-state index contributed by atoms with van der Waals surface area (Å²) in [5, 5.41) is 0. The predicted molar refractivity (Wildman–Crippen MR) is 68.5 cm³/mol. The molecule has 94 valence electrons. The van der Waals surface area contributed by atoms with Gasteiger partial charge in [-0.2, -0.15) is 0 Å². The number of nitrogens with two attached hydrogens (primary N) is 1. The lowest BCUT2D eigenvalue weighted by Crippen LogP contribution is -2.43. The minimum Gasteiger partial charge on any atom is -0.496 e. The van der Waals surface area contributed by atoms with Crippen LogP contribution >= 0.6 is 0 Å². The Hall–Kier alpha value is -1.06.